The molecule has 0 fully saturated rings. The van der Waals surface area contributed by atoms with Crippen molar-refractivity contribution in [3.05, 3.63) is 64.7 Å². The zero-order valence-corrected chi connectivity index (χ0v) is 13.6. The Morgan fingerprint density at radius 2 is 2.00 bits per heavy atom. The van der Waals surface area contributed by atoms with Gasteiger partial charge < -0.3 is 10.1 Å². The summed E-state index contributed by atoms with van der Waals surface area (Å²) in [5.74, 6) is 0.807. The molecule has 0 saturated heterocycles. The van der Waals surface area contributed by atoms with E-state index in [1.807, 2.05) is 50.2 Å². The highest BCUT2D eigenvalue weighted by atomic mass is 35.5. The molecule has 0 spiro atoms. The molecule has 0 aromatic heterocycles. The third-order valence-corrected chi connectivity index (χ3v) is 3.48. The lowest BCUT2D eigenvalue weighted by atomic mass is 10.1. The minimum absolute atomic E-state index is 0.0387. The van der Waals surface area contributed by atoms with Crippen molar-refractivity contribution in [2.75, 3.05) is 6.61 Å². The second kappa shape index (κ2) is 7.85. The molecule has 3 nitrogen and oxygen atoms in total. The van der Waals surface area contributed by atoms with Crippen molar-refractivity contribution in [1.29, 1.82) is 0 Å². The molecule has 116 valence electrons. The largest absolute Gasteiger partial charge is 0.491 e. The Kier molecular flexibility index (Phi) is 5.84. The van der Waals surface area contributed by atoms with Crippen LogP contribution in [0.2, 0.25) is 5.02 Å². The van der Waals surface area contributed by atoms with Crippen LogP contribution in [0.5, 0.6) is 5.75 Å². The number of para-hydroxylation sites is 1. The van der Waals surface area contributed by atoms with Crippen LogP contribution in [0.4, 0.5) is 0 Å². The summed E-state index contributed by atoms with van der Waals surface area (Å²) >= 11 is 5.91. The van der Waals surface area contributed by atoms with Gasteiger partial charge in [-0.15, -0.1) is 0 Å². The molecule has 22 heavy (non-hydrogen) atoms. The van der Waals surface area contributed by atoms with E-state index < -0.39 is 0 Å². The Hall–Kier alpha value is -2.00. The molecular weight excluding hydrogens is 298 g/mol. The lowest BCUT2D eigenvalue weighted by molar-refractivity contribution is -0.121. The van der Waals surface area contributed by atoms with E-state index in [0.29, 0.717) is 18.1 Å². The Labute approximate surface area is 136 Å². The summed E-state index contributed by atoms with van der Waals surface area (Å²) in [7, 11) is 0. The number of hydrogen-bond donors (Lipinski definition) is 1. The summed E-state index contributed by atoms with van der Waals surface area (Å²) in [6.45, 7) is 4.36. The summed E-state index contributed by atoms with van der Waals surface area (Å²) < 4.78 is 5.73. The van der Waals surface area contributed by atoms with Gasteiger partial charge in [0.25, 0.3) is 0 Å². The standard InChI is InChI=1S/C18H20ClNO2/c1-13-6-3-4-9-17(13)22-12-14(2)20-18(21)11-15-7-5-8-16(19)10-15/h3-10,14H,11-12H2,1-2H3,(H,20,21)/t14-/m0/s1. The first-order chi connectivity index (χ1) is 10.5. The molecule has 1 N–H and O–H groups in total. The van der Waals surface area contributed by atoms with Crippen LogP contribution in [0.25, 0.3) is 0 Å². The minimum Gasteiger partial charge on any atom is -0.491 e. The summed E-state index contributed by atoms with van der Waals surface area (Å²) in [6.07, 6.45) is 0.315. The molecule has 1 atom stereocenters. The second-order valence-corrected chi connectivity index (χ2v) is 5.79. The fourth-order valence-corrected chi connectivity index (χ4v) is 2.35. The van der Waals surface area contributed by atoms with Crippen molar-refractivity contribution in [1.82, 2.24) is 5.32 Å². The molecule has 0 saturated carbocycles. The van der Waals surface area contributed by atoms with Gasteiger partial charge >= 0.3 is 0 Å². The van der Waals surface area contributed by atoms with Gasteiger partial charge in [-0.05, 0) is 43.2 Å². The fourth-order valence-electron chi connectivity index (χ4n) is 2.13. The van der Waals surface area contributed by atoms with E-state index in [9.17, 15) is 4.79 Å². The highest BCUT2D eigenvalue weighted by Gasteiger charge is 2.09. The smallest absolute Gasteiger partial charge is 0.224 e. The molecule has 0 aliphatic carbocycles. The van der Waals surface area contributed by atoms with E-state index in [-0.39, 0.29) is 11.9 Å². The van der Waals surface area contributed by atoms with Crippen LogP contribution in [0.1, 0.15) is 18.1 Å². The van der Waals surface area contributed by atoms with Crippen LogP contribution in [-0.2, 0) is 11.2 Å². The number of aryl methyl sites for hydroxylation is 1. The molecule has 2 rings (SSSR count). The van der Waals surface area contributed by atoms with Gasteiger partial charge in [-0.25, -0.2) is 0 Å². The van der Waals surface area contributed by atoms with Gasteiger partial charge in [0.15, 0.2) is 0 Å². The van der Waals surface area contributed by atoms with Crippen LogP contribution >= 0.6 is 11.6 Å². The lowest BCUT2D eigenvalue weighted by Crippen LogP contribution is -2.37. The molecule has 2 aromatic carbocycles. The molecular formula is C18H20ClNO2. The van der Waals surface area contributed by atoms with Crippen LogP contribution in [-0.4, -0.2) is 18.6 Å². The van der Waals surface area contributed by atoms with Gasteiger partial charge in [-0.3, -0.25) is 4.79 Å². The average molecular weight is 318 g/mol. The van der Waals surface area contributed by atoms with Crippen molar-refractivity contribution in [3.8, 4) is 5.75 Å². The molecule has 0 aliphatic heterocycles. The average Bonchev–Trinajstić information content (AvgIpc) is 2.46. The van der Waals surface area contributed by atoms with Gasteiger partial charge in [0.05, 0.1) is 12.5 Å². The van der Waals surface area contributed by atoms with Gasteiger partial charge in [0.1, 0.15) is 12.4 Å². The van der Waals surface area contributed by atoms with E-state index in [1.54, 1.807) is 12.1 Å². The fraction of sp³-hybridized carbons (Fsp3) is 0.278. The minimum atomic E-state index is -0.0636. The maximum atomic E-state index is 12.0. The predicted molar refractivity (Wildman–Crippen MR) is 89.4 cm³/mol. The quantitative estimate of drug-likeness (QED) is 0.880. The third-order valence-electron chi connectivity index (χ3n) is 3.24. The van der Waals surface area contributed by atoms with Crippen molar-refractivity contribution in [2.45, 2.75) is 26.3 Å². The van der Waals surface area contributed by atoms with Crippen molar-refractivity contribution in [2.24, 2.45) is 0 Å². The highest BCUT2D eigenvalue weighted by Crippen LogP contribution is 2.16. The molecule has 0 radical (unpaired) electrons. The molecule has 0 unspecified atom stereocenters. The Bertz CT molecular complexity index is 642. The predicted octanol–water partition coefficient (Wildman–Crippen LogP) is 3.77. The van der Waals surface area contributed by atoms with Gasteiger partial charge in [0.2, 0.25) is 5.91 Å². The first-order valence-electron chi connectivity index (χ1n) is 7.27. The van der Waals surface area contributed by atoms with Crippen molar-refractivity contribution >= 4 is 17.5 Å². The zero-order valence-electron chi connectivity index (χ0n) is 12.8. The van der Waals surface area contributed by atoms with E-state index >= 15 is 0 Å². The molecule has 0 bridgehead atoms. The topological polar surface area (TPSA) is 38.3 Å². The molecule has 0 heterocycles. The van der Waals surface area contributed by atoms with Crippen LogP contribution in [0.15, 0.2) is 48.5 Å². The number of nitrogens with one attached hydrogen (secondary N) is 1. The van der Waals surface area contributed by atoms with E-state index in [0.717, 1.165) is 16.9 Å². The highest BCUT2D eigenvalue weighted by molar-refractivity contribution is 6.30. The van der Waals surface area contributed by atoms with E-state index in [1.165, 1.54) is 0 Å². The molecule has 2 aromatic rings. The Morgan fingerprint density at radius 3 is 2.73 bits per heavy atom. The number of amides is 1. The number of ether oxygens (including phenoxy) is 1. The van der Waals surface area contributed by atoms with Crippen molar-refractivity contribution < 1.29 is 9.53 Å². The normalized spacial score (nSPS) is 11.8. The first kappa shape index (κ1) is 16.4. The monoisotopic (exact) mass is 317 g/mol. The van der Waals surface area contributed by atoms with Gasteiger partial charge in [-0.1, -0.05) is 41.9 Å². The van der Waals surface area contributed by atoms with Crippen LogP contribution < -0.4 is 10.1 Å². The van der Waals surface area contributed by atoms with Crippen LogP contribution in [0.3, 0.4) is 0 Å². The summed E-state index contributed by atoms with van der Waals surface area (Å²) in [4.78, 5) is 12.0. The number of carbonyl (C=O) groups excluding carboxylic acids is 1. The number of hydrogen-bond acceptors (Lipinski definition) is 2. The van der Waals surface area contributed by atoms with Gasteiger partial charge in [0, 0.05) is 5.02 Å². The number of halogens is 1. The molecule has 1 amide bonds. The lowest BCUT2D eigenvalue weighted by Gasteiger charge is -2.16. The maximum Gasteiger partial charge on any atom is 0.224 e. The second-order valence-electron chi connectivity index (χ2n) is 5.35. The summed E-state index contributed by atoms with van der Waals surface area (Å²) in [6, 6.07) is 15.1. The zero-order chi connectivity index (χ0) is 15.9. The first-order valence-corrected chi connectivity index (χ1v) is 7.64. The van der Waals surface area contributed by atoms with Crippen LogP contribution in [0, 0.1) is 6.92 Å². The van der Waals surface area contributed by atoms with Gasteiger partial charge in [-0.2, -0.15) is 0 Å². The summed E-state index contributed by atoms with van der Waals surface area (Å²) in [5.41, 5.74) is 1.98. The maximum absolute atomic E-state index is 12.0. The third kappa shape index (κ3) is 5.08. The number of benzene rings is 2. The number of carbonyl (C=O) groups is 1. The van der Waals surface area contributed by atoms with E-state index in [2.05, 4.69) is 5.32 Å². The Balaban J connectivity index is 1.80. The van der Waals surface area contributed by atoms with Crippen molar-refractivity contribution in [3.63, 3.8) is 0 Å². The molecule has 0 aliphatic rings. The Morgan fingerprint density at radius 1 is 1.23 bits per heavy atom. The van der Waals surface area contributed by atoms with E-state index in [4.69, 9.17) is 16.3 Å². The molecule has 4 heteroatoms. The number of rotatable bonds is 6. The summed E-state index contributed by atoms with van der Waals surface area (Å²) in [5, 5.41) is 3.57. The SMILES string of the molecule is Cc1ccccc1OC[C@H](C)NC(=O)Cc1cccc(Cl)c1.